The van der Waals surface area contributed by atoms with Gasteiger partial charge in [-0.1, -0.05) is 0 Å². The van der Waals surface area contributed by atoms with Crippen molar-refractivity contribution >= 4 is 17.9 Å². The summed E-state index contributed by atoms with van der Waals surface area (Å²) in [6, 6.07) is 1.91. The molecule has 0 bridgehead atoms. The number of nitrogens with zero attached hydrogens (tertiary/aromatic N) is 7. The van der Waals surface area contributed by atoms with Gasteiger partial charge >= 0.3 is 0 Å². The van der Waals surface area contributed by atoms with Gasteiger partial charge in [0, 0.05) is 18.4 Å². The molecule has 1 fully saturated rings. The number of rotatable bonds is 4. The molecule has 3 aromatic rings. The summed E-state index contributed by atoms with van der Waals surface area (Å²) in [5.41, 5.74) is 8.10. The molecule has 124 valence electrons. The zero-order chi connectivity index (χ0) is 16.8. The van der Waals surface area contributed by atoms with E-state index in [1.807, 2.05) is 39.1 Å². The molecule has 0 radical (unpaired) electrons. The molecule has 1 saturated carbocycles. The molecule has 8 nitrogen and oxygen atoms in total. The molecule has 1 unspecified atom stereocenters. The first-order valence-corrected chi connectivity index (χ1v) is 8.07. The first kappa shape index (κ1) is 14.9. The Morgan fingerprint density at radius 2 is 1.96 bits per heavy atom. The van der Waals surface area contributed by atoms with Crippen LogP contribution in [0.15, 0.2) is 6.07 Å². The number of aromatic nitrogens is 7. The highest BCUT2D eigenvalue weighted by molar-refractivity contribution is 5.63. The number of fused-ring (bicyclic) bond motifs is 1. The second-order valence-electron chi connectivity index (χ2n) is 6.37. The Bertz CT molecular complexity index is 931. The summed E-state index contributed by atoms with van der Waals surface area (Å²) in [7, 11) is 1.86. The summed E-state index contributed by atoms with van der Waals surface area (Å²) >= 11 is 0. The zero-order valence-corrected chi connectivity index (χ0v) is 14.0. The van der Waals surface area contributed by atoms with E-state index in [2.05, 4.69) is 25.1 Å². The lowest BCUT2D eigenvalue weighted by Crippen LogP contribution is -2.14. The van der Waals surface area contributed by atoms with E-state index in [-0.39, 0.29) is 6.04 Å². The summed E-state index contributed by atoms with van der Waals surface area (Å²) in [5, 5.41) is 8.88. The monoisotopic (exact) mass is 324 g/mol. The average Bonchev–Trinajstić information content (AvgIpc) is 3.20. The van der Waals surface area contributed by atoms with E-state index in [1.54, 1.807) is 9.20 Å². The largest absolute Gasteiger partial charge is 0.321 e. The van der Waals surface area contributed by atoms with Gasteiger partial charge in [-0.05, 0) is 50.8 Å². The van der Waals surface area contributed by atoms with Gasteiger partial charge in [-0.3, -0.25) is 0 Å². The van der Waals surface area contributed by atoms with Crippen molar-refractivity contribution < 1.29 is 0 Å². The molecule has 8 heteroatoms. The first-order valence-electron chi connectivity index (χ1n) is 8.07. The van der Waals surface area contributed by atoms with Crippen LogP contribution >= 0.6 is 0 Å². The van der Waals surface area contributed by atoms with Crippen LogP contribution < -0.4 is 5.73 Å². The fourth-order valence-corrected chi connectivity index (χ4v) is 2.77. The predicted octanol–water partition coefficient (Wildman–Crippen LogP) is 1.45. The summed E-state index contributed by atoms with van der Waals surface area (Å²) in [5.74, 6) is 3.16. The molecule has 0 aliphatic heterocycles. The van der Waals surface area contributed by atoms with Crippen LogP contribution in [0.1, 0.15) is 47.7 Å². The molecule has 1 atom stereocenters. The second kappa shape index (κ2) is 5.48. The lowest BCUT2D eigenvalue weighted by Gasteiger charge is -2.02. The molecule has 1 aliphatic rings. The molecule has 0 saturated heterocycles. The van der Waals surface area contributed by atoms with Gasteiger partial charge in [-0.2, -0.15) is 10.1 Å². The summed E-state index contributed by atoms with van der Waals surface area (Å²) < 4.78 is 3.47. The van der Waals surface area contributed by atoms with Gasteiger partial charge in [-0.25, -0.2) is 19.2 Å². The van der Waals surface area contributed by atoms with Gasteiger partial charge in [-0.15, -0.1) is 5.10 Å². The molecule has 0 spiro atoms. The van der Waals surface area contributed by atoms with E-state index in [4.69, 9.17) is 5.73 Å². The topological polar surface area (TPSA) is 99.8 Å². The maximum atomic E-state index is 6.17. The van der Waals surface area contributed by atoms with E-state index >= 15 is 0 Å². The molecule has 24 heavy (non-hydrogen) atoms. The Morgan fingerprint density at radius 1 is 1.17 bits per heavy atom. The molecule has 3 aromatic heterocycles. The van der Waals surface area contributed by atoms with Gasteiger partial charge in [0.15, 0.2) is 17.5 Å². The summed E-state index contributed by atoms with van der Waals surface area (Å²) in [6.07, 6.45) is 6.01. The standard InChI is InChI=1S/C16H20N8/c1-9-8-10(2)24-16(18-9)19-12(21-24)6-7-13-20-15(22-23(13)3)14(17)11-4-5-11/h6-8,11,14H,4-5,17H2,1-3H3/b7-6+. The van der Waals surface area contributed by atoms with Crippen LogP contribution in [0.4, 0.5) is 0 Å². The third kappa shape index (κ3) is 2.69. The Kier molecular flexibility index (Phi) is 3.42. The van der Waals surface area contributed by atoms with Crippen molar-refractivity contribution in [3.8, 4) is 0 Å². The van der Waals surface area contributed by atoms with E-state index in [0.717, 1.165) is 17.2 Å². The predicted molar refractivity (Wildman–Crippen MR) is 89.8 cm³/mol. The molecular formula is C16H20N8. The number of nitrogens with two attached hydrogens (primary N) is 1. The van der Waals surface area contributed by atoms with E-state index in [0.29, 0.717) is 23.3 Å². The highest BCUT2D eigenvalue weighted by atomic mass is 15.3. The van der Waals surface area contributed by atoms with Gasteiger partial charge in [0.1, 0.15) is 0 Å². The third-order valence-electron chi connectivity index (χ3n) is 4.26. The van der Waals surface area contributed by atoms with E-state index in [9.17, 15) is 0 Å². The maximum Gasteiger partial charge on any atom is 0.253 e. The molecule has 1 aliphatic carbocycles. The Balaban J connectivity index is 1.62. The normalized spacial score (nSPS) is 16.3. The van der Waals surface area contributed by atoms with Crippen LogP contribution in [-0.2, 0) is 7.05 Å². The molecule has 2 N–H and O–H groups in total. The Hall–Kier alpha value is -2.61. The number of aryl methyl sites for hydroxylation is 3. The molecule has 4 rings (SSSR count). The van der Waals surface area contributed by atoms with Crippen LogP contribution in [0.2, 0.25) is 0 Å². The Labute approximate surface area is 139 Å². The first-order chi connectivity index (χ1) is 11.5. The van der Waals surface area contributed by atoms with Crippen molar-refractivity contribution in [1.29, 1.82) is 0 Å². The Morgan fingerprint density at radius 3 is 2.71 bits per heavy atom. The summed E-state index contributed by atoms with van der Waals surface area (Å²) in [6.45, 7) is 3.93. The van der Waals surface area contributed by atoms with Crippen molar-refractivity contribution in [3.05, 3.63) is 34.9 Å². The lowest BCUT2D eigenvalue weighted by molar-refractivity contribution is 0.584. The van der Waals surface area contributed by atoms with Gasteiger partial charge in [0.05, 0.1) is 6.04 Å². The van der Waals surface area contributed by atoms with Crippen LogP contribution in [0, 0.1) is 19.8 Å². The van der Waals surface area contributed by atoms with E-state index in [1.165, 1.54) is 12.8 Å². The summed E-state index contributed by atoms with van der Waals surface area (Å²) in [4.78, 5) is 13.4. The maximum absolute atomic E-state index is 6.17. The van der Waals surface area contributed by atoms with Crippen LogP contribution in [-0.4, -0.2) is 34.3 Å². The molecule has 3 heterocycles. The second-order valence-corrected chi connectivity index (χ2v) is 6.37. The van der Waals surface area contributed by atoms with Crippen LogP contribution in [0.3, 0.4) is 0 Å². The average molecular weight is 324 g/mol. The van der Waals surface area contributed by atoms with Gasteiger partial charge < -0.3 is 5.73 Å². The smallest absolute Gasteiger partial charge is 0.253 e. The van der Waals surface area contributed by atoms with Crippen molar-refractivity contribution in [2.45, 2.75) is 32.7 Å². The van der Waals surface area contributed by atoms with Crippen LogP contribution in [0.25, 0.3) is 17.9 Å². The quantitative estimate of drug-likeness (QED) is 0.779. The van der Waals surface area contributed by atoms with Gasteiger partial charge in [0.2, 0.25) is 0 Å². The fourth-order valence-electron chi connectivity index (χ4n) is 2.77. The van der Waals surface area contributed by atoms with Gasteiger partial charge in [0.25, 0.3) is 5.78 Å². The van der Waals surface area contributed by atoms with E-state index < -0.39 is 0 Å². The highest BCUT2D eigenvalue weighted by Crippen LogP contribution is 2.38. The fraction of sp³-hybridized carbons (Fsp3) is 0.438. The van der Waals surface area contributed by atoms with Crippen molar-refractivity contribution in [2.75, 3.05) is 0 Å². The minimum absolute atomic E-state index is 0.0681. The van der Waals surface area contributed by atoms with Crippen LogP contribution in [0.5, 0.6) is 0 Å². The molecule has 0 aromatic carbocycles. The number of hydrogen-bond acceptors (Lipinski definition) is 6. The van der Waals surface area contributed by atoms with Crippen molar-refractivity contribution in [2.24, 2.45) is 18.7 Å². The third-order valence-corrected chi connectivity index (χ3v) is 4.26. The molecular weight excluding hydrogens is 304 g/mol. The van der Waals surface area contributed by atoms with Crippen molar-refractivity contribution in [3.63, 3.8) is 0 Å². The van der Waals surface area contributed by atoms with Crippen molar-refractivity contribution in [1.82, 2.24) is 34.3 Å². The lowest BCUT2D eigenvalue weighted by atomic mass is 10.2. The minimum atomic E-state index is -0.0681. The minimum Gasteiger partial charge on any atom is -0.321 e. The highest BCUT2D eigenvalue weighted by Gasteiger charge is 2.32. The molecule has 0 amide bonds. The SMILES string of the molecule is Cc1cc(C)n2nc(/C=C/c3nc(C(N)C4CC4)nn3C)nc2n1. The number of hydrogen-bond donors (Lipinski definition) is 1. The zero-order valence-electron chi connectivity index (χ0n) is 14.0.